The number of methoxy groups -OCH3 is 2. The molecule has 0 unspecified atom stereocenters. The number of benzene rings is 2. The number of hydrogen-bond acceptors (Lipinski definition) is 5. The molecule has 0 aromatic heterocycles. The summed E-state index contributed by atoms with van der Waals surface area (Å²) >= 11 is 0. The highest BCUT2D eigenvalue weighted by Crippen LogP contribution is 2.19. The van der Waals surface area contributed by atoms with Crippen LogP contribution in [-0.2, 0) is 16.0 Å². The second-order valence-electron chi connectivity index (χ2n) is 5.03. The second-order valence-corrected chi connectivity index (χ2v) is 5.03. The Kier molecular flexibility index (Phi) is 5.68. The summed E-state index contributed by atoms with van der Waals surface area (Å²) in [6.07, 6.45) is 2.05. The highest BCUT2D eigenvalue weighted by atomic mass is 16.6. The number of nitrogens with zero attached hydrogens (tertiary/aromatic N) is 1. The Morgan fingerprint density at radius 2 is 1.71 bits per heavy atom. The van der Waals surface area contributed by atoms with Gasteiger partial charge in [-0.05, 0) is 41.5 Å². The first-order valence-electron chi connectivity index (χ1n) is 7.19. The zero-order chi connectivity index (χ0) is 17.5. The highest BCUT2D eigenvalue weighted by Gasteiger charge is 2.12. The molecule has 124 valence electrons. The van der Waals surface area contributed by atoms with Crippen molar-refractivity contribution in [2.75, 3.05) is 14.2 Å². The third-order valence-corrected chi connectivity index (χ3v) is 3.45. The second kappa shape index (κ2) is 7.92. The van der Waals surface area contributed by atoms with E-state index < -0.39 is 10.9 Å². The van der Waals surface area contributed by atoms with Gasteiger partial charge in [-0.1, -0.05) is 12.1 Å². The molecular formula is C18H17NO5. The van der Waals surface area contributed by atoms with Gasteiger partial charge in [-0.25, -0.2) is 4.79 Å². The molecule has 24 heavy (non-hydrogen) atoms. The predicted molar refractivity (Wildman–Crippen MR) is 89.8 cm³/mol. The standard InChI is InChI=1S/C18H17NO5/c1-23-17-9-5-14(6-10-17)12-15(18(20)24-2)11-13-3-7-16(8-4-13)19(21)22/h3-11H,12H2,1-2H3/b15-11+. The number of rotatable bonds is 6. The molecule has 0 N–H and O–H groups in total. The largest absolute Gasteiger partial charge is 0.497 e. The summed E-state index contributed by atoms with van der Waals surface area (Å²) < 4.78 is 9.93. The number of ether oxygens (including phenoxy) is 2. The van der Waals surface area contributed by atoms with Crippen LogP contribution >= 0.6 is 0 Å². The van der Waals surface area contributed by atoms with Gasteiger partial charge in [-0.2, -0.15) is 0 Å². The lowest BCUT2D eigenvalue weighted by atomic mass is 10.0. The zero-order valence-corrected chi connectivity index (χ0v) is 13.4. The minimum atomic E-state index is -0.466. The van der Waals surface area contributed by atoms with Gasteiger partial charge in [0, 0.05) is 24.1 Å². The van der Waals surface area contributed by atoms with Gasteiger partial charge in [0.1, 0.15) is 5.75 Å². The number of esters is 1. The zero-order valence-electron chi connectivity index (χ0n) is 13.4. The lowest BCUT2D eigenvalue weighted by Gasteiger charge is -2.07. The molecule has 0 amide bonds. The molecule has 0 spiro atoms. The summed E-state index contributed by atoms with van der Waals surface area (Å²) in [5.74, 6) is 0.293. The number of nitro groups is 1. The van der Waals surface area contributed by atoms with E-state index in [2.05, 4.69) is 0 Å². The first-order chi connectivity index (χ1) is 11.5. The Morgan fingerprint density at radius 3 is 2.21 bits per heavy atom. The van der Waals surface area contributed by atoms with Gasteiger partial charge in [0.05, 0.1) is 19.1 Å². The van der Waals surface area contributed by atoms with E-state index in [1.54, 1.807) is 25.3 Å². The van der Waals surface area contributed by atoms with Crippen LogP contribution in [0.5, 0.6) is 5.75 Å². The highest BCUT2D eigenvalue weighted by molar-refractivity contribution is 5.94. The van der Waals surface area contributed by atoms with Crippen molar-refractivity contribution in [2.45, 2.75) is 6.42 Å². The van der Waals surface area contributed by atoms with E-state index in [-0.39, 0.29) is 5.69 Å². The summed E-state index contributed by atoms with van der Waals surface area (Å²) in [7, 11) is 2.91. The molecule has 2 aromatic carbocycles. The average Bonchev–Trinajstić information content (AvgIpc) is 2.61. The fourth-order valence-electron chi connectivity index (χ4n) is 2.17. The van der Waals surface area contributed by atoms with Gasteiger partial charge < -0.3 is 9.47 Å². The molecule has 0 fully saturated rings. The molecule has 0 radical (unpaired) electrons. The maximum Gasteiger partial charge on any atom is 0.334 e. The Labute approximate surface area is 139 Å². The van der Waals surface area contributed by atoms with Gasteiger partial charge >= 0.3 is 5.97 Å². The van der Waals surface area contributed by atoms with Crippen LogP contribution in [0.2, 0.25) is 0 Å². The number of non-ortho nitro benzene ring substituents is 1. The number of hydrogen-bond donors (Lipinski definition) is 0. The van der Waals surface area contributed by atoms with Crippen LogP contribution in [-0.4, -0.2) is 25.1 Å². The van der Waals surface area contributed by atoms with Crippen LogP contribution in [0.25, 0.3) is 6.08 Å². The van der Waals surface area contributed by atoms with Crippen molar-refractivity contribution in [1.29, 1.82) is 0 Å². The Morgan fingerprint density at radius 1 is 1.08 bits per heavy atom. The normalized spacial score (nSPS) is 11.0. The van der Waals surface area contributed by atoms with Crippen molar-refractivity contribution in [3.8, 4) is 5.75 Å². The van der Waals surface area contributed by atoms with Crippen molar-refractivity contribution >= 4 is 17.7 Å². The van der Waals surface area contributed by atoms with Crippen LogP contribution in [0, 0.1) is 10.1 Å². The maximum absolute atomic E-state index is 12.0. The van der Waals surface area contributed by atoms with E-state index in [9.17, 15) is 14.9 Å². The fraction of sp³-hybridized carbons (Fsp3) is 0.167. The quantitative estimate of drug-likeness (QED) is 0.352. The van der Waals surface area contributed by atoms with Gasteiger partial charge in [-0.3, -0.25) is 10.1 Å². The molecule has 0 atom stereocenters. The van der Waals surface area contributed by atoms with Crippen molar-refractivity contribution < 1.29 is 19.2 Å². The van der Waals surface area contributed by atoms with Crippen LogP contribution in [0.1, 0.15) is 11.1 Å². The van der Waals surface area contributed by atoms with Crippen molar-refractivity contribution in [3.63, 3.8) is 0 Å². The Balaban J connectivity index is 2.26. The lowest BCUT2D eigenvalue weighted by molar-refractivity contribution is -0.384. The monoisotopic (exact) mass is 327 g/mol. The van der Waals surface area contributed by atoms with Gasteiger partial charge in [-0.15, -0.1) is 0 Å². The van der Waals surface area contributed by atoms with E-state index in [0.29, 0.717) is 17.6 Å². The SMILES string of the molecule is COC(=O)/C(=C/c1ccc([N+](=O)[O-])cc1)Cc1ccc(OC)cc1. The first kappa shape index (κ1) is 17.2. The lowest BCUT2D eigenvalue weighted by Crippen LogP contribution is -2.07. The van der Waals surface area contributed by atoms with Crippen molar-refractivity contribution in [1.82, 2.24) is 0 Å². The van der Waals surface area contributed by atoms with E-state index in [0.717, 1.165) is 11.3 Å². The van der Waals surface area contributed by atoms with Crippen LogP contribution < -0.4 is 4.74 Å². The van der Waals surface area contributed by atoms with Crippen LogP contribution in [0.4, 0.5) is 5.69 Å². The van der Waals surface area contributed by atoms with Crippen LogP contribution in [0.15, 0.2) is 54.1 Å². The molecule has 0 heterocycles. The average molecular weight is 327 g/mol. The smallest absolute Gasteiger partial charge is 0.334 e. The predicted octanol–water partition coefficient (Wildman–Crippen LogP) is 3.40. The molecule has 6 heteroatoms. The molecule has 0 aliphatic heterocycles. The summed E-state index contributed by atoms with van der Waals surface area (Å²) in [6, 6.07) is 13.3. The van der Waals surface area contributed by atoms with E-state index in [1.165, 1.54) is 19.2 Å². The summed E-state index contributed by atoms with van der Waals surface area (Å²) in [5, 5.41) is 10.7. The van der Waals surface area contributed by atoms with Gasteiger partial charge in [0.2, 0.25) is 0 Å². The van der Waals surface area contributed by atoms with Crippen molar-refractivity contribution in [3.05, 3.63) is 75.3 Å². The topological polar surface area (TPSA) is 78.7 Å². The maximum atomic E-state index is 12.0. The molecular weight excluding hydrogens is 310 g/mol. The Bertz CT molecular complexity index is 748. The molecule has 0 aliphatic carbocycles. The number of carbonyl (C=O) groups excluding carboxylic acids is 1. The minimum Gasteiger partial charge on any atom is -0.497 e. The molecule has 6 nitrogen and oxygen atoms in total. The van der Waals surface area contributed by atoms with E-state index in [4.69, 9.17) is 9.47 Å². The van der Waals surface area contributed by atoms with Gasteiger partial charge in [0.15, 0.2) is 0 Å². The number of nitro benzene ring substituents is 1. The molecule has 0 bridgehead atoms. The molecule has 0 aliphatic rings. The molecule has 2 aromatic rings. The Hall–Kier alpha value is -3.15. The summed E-state index contributed by atoms with van der Waals surface area (Å²) in [4.78, 5) is 22.2. The number of carbonyl (C=O) groups is 1. The summed E-state index contributed by atoms with van der Waals surface area (Å²) in [5.41, 5.74) is 2.07. The molecule has 0 saturated heterocycles. The third-order valence-electron chi connectivity index (χ3n) is 3.45. The van der Waals surface area contributed by atoms with E-state index in [1.807, 2.05) is 24.3 Å². The first-order valence-corrected chi connectivity index (χ1v) is 7.19. The fourth-order valence-corrected chi connectivity index (χ4v) is 2.17. The van der Waals surface area contributed by atoms with Gasteiger partial charge in [0.25, 0.3) is 5.69 Å². The van der Waals surface area contributed by atoms with Crippen molar-refractivity contribution in [2.24, 2.45) is 0 Å². The third kappa shape index (κ3) is 4.42. The summed E-state index contributed by atoms with van der Waals surface area (Å²) in [6.45, 7) is 0. The molecule has 0 saturated carbocycles. The minimum absolute atomic E-state index is 0.00178. The van der Waals surface area contributed by atoms with E-state index >= 15 is 0 Å². The molecule has 2 rings (SSSR count). The van der Waals surface area contributed by atoms with Crippen LogP contribution in [0.3, 0.4) is 0 Å².